The van der Waals surface area contributed by atoms with E-state index in [0.29, 0.717) is 18.8 Å². The maximum absolute atomic E-state index is 12.6. The Kier molecular flexibility index (Phi) is 6.01. The number of amides is 1. The minimum absolute atomic E-state index is 0.0169. The monoisotopic (exact) mass is 393 g/mol. The largest absolute Gasteiger partial charge is 0.480 e. The Hall–Kier alpha value is -2.13. The molecule has 9 heteroatoms. The van der Waals surface area contributed by atoms with E-state index in [-0.39, 0.29) is 29.9 Å². The summed E-state index contributed by atoms with van der Waals surface area (Å²) < 4.78 is 0. The Morgan fingerprint density at radius 1 is 1.37 bits per heavy atom. The lowest BCUT2D eigenvalue weighted by atomic mass is 9.85. The highest BCUT2D eigenvalue weighted by Gasteiger charge is 2.38. The summed E-state index contributed by atoms with van der Waals surface area (Å²) in [4.78, 5) is 37.1. The highest BCUT2D eigenvalue weighted by atomic mass is 32.2. The number of benzene rings is 1. The van der Waals surface area contributed by atoms with Crippen LogP contribution in [0.5, 0.6) is 0 Å². The van der Waals surface area contributed by atoms with E-state index in [1.54, 1.807) is 6.07 Å². The first-order valence-corrected chi connectivity index (χ1v) is 10.2. The van der Waals surface area contributed by atoms with Crippen LogP contribution in [-0.4, -0.2) is 58.2 Å². The van der Waals surface area contributed by atoms with Gasteiger partial charge in [-0.05, 0) is 50.0 Å². The number of nitrogens with one attached hydrogen (secondary N) is 1. The van der Waals surface area contributed by atoms with Crippen LogP contribution in [0.15, 0.2) is 23.1 Å². The second kappa shape index (κ2) is 8.26. The van der Waals surface area contributed by atoms with Crippen LogP contribution in [0.3, 0.4) is 0 Å². The second-order valence-electron chi connectivity index (χ2n) is 7.20. The molecule has 0 bridgehead atoms. The zero-order chi connectivity index (χ0) is 19.6. The van der Waals surface area contributed by atoms with Crippen molar-refractivity contribution < 1.29 is 19.6 Å². The van der Waals surface area contributed by atoms with Crippen molar-refractivity contribution in [2.45, 2.75) is 42.7 Å². The molecule has 0 aromatic heterocycles. The normalized spacial score (nSPS) is 21.6. The molecule has 1 amide bonds. The maximum atomic E-state index is 12.6. The van der Waals surface area contributed by atoms with Crippen LogP contribution in [0, 0.1) is 16.0 Å². The minimum Gasteiger partial charge on any atom is -0.480 e. The summed E-state index contributed by atoms with van der Waals surface area (Å²) in [7, 11) is 0. The lowest BCUT2D eigenvalue weighted by Crippen LogP contribution is -2.55. The molecule has 0 atom stereocenters. The third kappa shape index (κ3) is 4.98. The zero-order valence-corrected chi connectivity index (χ0v) is 15.9. The van der Waals surface area contributed by atoms with Crippen molar-refractivity contribution in [1.29, 1.82) is 0 Å². The molecule has 0 saturated heterocycles. The van der Waals surface area contributed by atoms with Crippen LogP contribution >= 0.6 is 11.8 Å². The van der Waals surface area contributed by atoms with Crippen molar-refractivity contribution in [2.75, 3.05) is 19.3 Å². The first-order valence-electron chi connectivity index (χ1n) is 8.96. The van der Waals surface area contributed by atoms with E-state index < -0.39 is 16.8 Å². The van der Waals surface area contributed by atoms with Crippen LogP contribution in [0.2, 0.25) is 0 Å². The van der Waals surface area contributed by atoms with Gasteiger partial charge in [0.1, 0.15) is 5.56 Å². The Balaban J connectivity index is 1.59. The van der Waals surface area contributed by atoms with Gasteiger partial charge in [-0.25, -0.2) is 0 Å². The average Bonchev–Trinajstić information content (AvgIpc) is 3.39. The highest BCUT2D eigenvalue weighted by molar-refractivity contribution is 7.98. The topological polar surface area (TPSA) is 113 Å². The number of thioether (sulfide) groups is 1. The molecule has 2 aliphatic rings. The molecule has 2 fully saturated rings. The standard InChI is InChI=1S/C18H23N3O5S/c1-27-14-4-5-16(21(25)26)15(8-14)18(24)19-12-6-13(7-12)20(10-17(22)23)9-11-2-3-11/h4-5,8,11-13H,2-3,6-7,9-10H2,1H3,(H,19,24)(H,22,23). The van der Waals surface area contributed by atoms with E-state index in [2.05, 4.69) is 5.32 Å². The third-order valence-electron chi connectivity index (χ3n) is 5.14. The molecule has 0 spiro atoms. The number of carboxylic acids is 1. The fourth-order valence-corrected chi connectivity index (χ4v) is 3.84. The number of rotatable bonds is 9. The Morgan fingerprint density at radius 3 is 2.63 bits per heavy atom. The molecule has 146 valence electrons. The Labute approximate surface area is 161 Å². The summed E-state index contributed by atoms with van der Waals surface area (Å²) in [5.74, 6) is -0.699. The molecule has 0 unspecified atom stereocenters. The number of nitro benzene ring substituents is 1. The van der Waals surface area contributed by atoms with Crippen LogP contribution in [0.25, 0.3) is 0 Å². The third-order valence-corrected chi connectivity index (χ3v) is 5.86. The van der Waals surface area contributed by atoms with Crippen LogP contribution < -0.4 is 5.32 Å². The van der Waals surface area contributed by atoms with Gasteiger partial charge in [-0.3, -0.25) is 24.6 Å². The van der Waals surface area contributed by atoms with E-state index in [4.69, 9.17) is 5.11 Å². The average molecular weight is 393 g/mol. The molecule has 2 N–H and O–H groups in total. The molecule has 2 saturated carbocycles. The predicted molar refractivity (Wildman–Crippen MR) is 101 cm³/mol. The molecule has 8 nitrogen and oxygen atoms in total. The van der Waals surface area contributed by atoms with Gasteiger partial charge in [0.25, 0.3) is 11.6 Å². The summed E-state index contributed by atoms with van der Waals surface area (Å²) in [5, 5.41) is 23.2. The van der Waals surface area contributed by atoms with E-state index in [0.717, 1.165) is 24.3 Å². The van der Waals surface area contributed by atoms with Crippen molar-refractivity contribution in [3.8, 4) is 0 Å². The van der Waals surface area contributed by atoms with Gasteiger partial charge < -0.3 is 10.4 Å². The number of hydrogen-bond donors (Lipinski definition) is 2. The molecule has 27 heavy (non-hydrogen) atoms. The van der Waals surface area contributed by atoms with Gasteiger partial charge >= 0.3 is 5.97 Å². The number of carbonyl (C=O) groups is 2. The lowest BCUT2D eigenvalue weighted by molar-refractivity contribution is -0.385. The smallest absolute Gasteiger partial charge is 0.317 e. The Bertz CT molecular complexity index is 747. The number of nitro groups is 1. The second-order valence-corrected chi connectivity index (χ2v) is 8.08. The summed E-state index contributed by atoms with van der Waals surface area (Å²) in [6.45, 7) is 0.807. The molecule has 1 aromatic carbocycles. The van der Waals surface area contributed by atoms with Gasteiger partial charge in [0, 0.05) is 29.6 Å². The summed E-state index contributed by atoms with van der Waals surface area (Å²) >= 11 is 1.42. The molecule has 0 radical (unpaired) electrons. The SMILES string of the molecule is CSc1ccc([N+](=O)[O-])c(C(=O)NC2CC(N(CC(=O)O)CC3CC3)C2)c1. The van der Waals surface area contributed by atoms with Crippen molar-refractivity contribution in [3.63, 3.8) is 0 Å². The molecular formula is C18H23N3O5S. The molecule has 0 aliphatic heterocycles. The van der Waals surface area contributed by atoms with Gasteiger partial charge in [0.05, 0.1) is 11.5 Å². The van der Waals surface area contributed by atoms with Gasteiger partial charge in [-0.1, -0.05) is 0 Å². The number of aliphatic carboxylic acids is 1. The van der Waals surface area contributed by atoms with Gasteiger partial charge in [0.2, 0.25) is 0 Å². The van der Waals surface area contributed by atoms with Crippen molar-refractivity contribution in [1.82, 2.24) is 10.2 Å². The number of carbonyl (C=O) groups excluding carboxylic acids is 1. The molecule has 2 aliphatic carbocycles. The van der Waals surface area contributed by atoms with Crippen molar-refractivity contribution >= 4 is 29.3 Å². The van der Waals surface area contributed by atoms with E-state index in [9.17, 15) is 19.7 Å². The minimum atomic E-state index is -0.840. The number of hydrogen-bond acceptors (Lipinski definition) is 6. The fourth-order valence-electron chi connectivity index (χ4n) is 3.40. The first-order chi connectivity index (χ1) is 12.9. The fraction of sp³-hybridized carbons (Fsp3) is 0.556. The van der Waals surface area contributed by atoms with Gasteiger partial charge in [-0.15, -0.1) is 11.8 Å². The summed E-state index contributed by atoms with van der Waals surface area (Å²) in [6, 6.07) is 4.57. The van der Waals surface area contributed by atoms with E-state index in [1.165, 1.54) is 23.9 Å². The van der Waals surface area contributed by atoms with Gasteiger partial charge in [-0.2, -0.15) is 0 Å². The summed E-state index contributed by atoms with van der Waals surface area (Å²) in [6.07, 6.45) is 5.48. The van der Waals surface area contributed by atoms with Crippen LogP contribution in [0.4, 0.5) is 5.69 Å². The van der Waals surface area contributed by atoms with E-state index >= 15 is 0 Å². The maximum Gasteiger partial charge on any atom is 0.317 e. The van der Waals surface area contributed by atoms with Crippen LogP contribution in [-0.2, 0) is 4.79 Å². The molecule has 1 aromatic rings. The van der Waals surface area contributed by atoms with Crippen molar-refractivity contribution in [3.05, 3.63) is 33.9 Å². The highest BCUT2D eigenvalue weighted by Crippen LogP contribution is 2.34. The molecular weight excluding hydrogens is 370 g/mol. The first kappa shape index (κ1) is 19.6. The lowest BCUT2D eigenvalue weighted by Gasteiger charge is -2.42. The van der Waals surface area contributed by atoms with Gasteiger partial charge in [0.15, 0.2) is 0 Å². The van der Waals surface area contributed by atoms with Crippen molar-refractivity contribution in [2.24, 2.45) is 5.92 Å². The van der Waals surface area contributed by atoms with E-state index in [1.807, 2.05) is 11.2 Å². The number of nitrogens with zero attached hydrogens (tertiary/aromatic N) is 2. The zero-order valence-electron chi connectivity index (χ0n) is 15.1. The number of carboxylic acid groups (broad SMARTS) is 1. The summed E-state index contributed by atoms with van der Waals surface area (Å²) in [5.41, 5.74) is -0.141. The predicted octanol–water partition coefficient (Wildman–Crippen LogP) is 2.37. The Morgan fingerprint density at radius 2 is 2.07 bits per heavy atom. The molecule has 0 heterocycles. The molecule has 3 rings (SSSR count). The van der Waals surface area contributed by atoms with Crippen LogP contribution in [0.1, 0.15) is 36.0 Å². The quantitative estimate of drug-likeness (QED) is 0.376.